The fourth-order valence-corrected chi connectivity index (χ4v) is 4.08. The second-order valence-corrected chi connectivity index (χ2v) is 6.52. The molecule has 0 aromatic carbocycles. The van der Waals surface area contributed by atoms with Crippen LogP contribution in [-0.4, -0.2) is 41.9 Å². The minimum Gasteiger partial charge on any atom is -0.396 e. The minimum absolute atomic E-state index is 0.0899. The van der Waals surface area contributed by atoms with Crippen molar-refractivity contribution in [3.05, 3.63) is 0 Å². The molecule has 2 aliphatic rings. The van der Waals surface area contributed by atoms with Crippen LogP contribution in [0.1, 0.15) is 34.1 Å². The van der Waals surface area contributed by atoms with E-state index >= 15 is 0 Å². The first-order valence-corrected chi connectivity index (χ1v) is 6.89. The number of rotatable bonds is 3. The van der Waals surface area contributed by atoms with E-state index in [4.69, 9.17) is 9.47 Å². The summed E-state index contributed by atoms with van der Waals surface area (Å²) in [5.74, 6) is -0.170. The third-order valence-electron chi connectivity index (χ3n) is 5.19. The van der Waals surface area contributed by atoms with Gasteiger partial charge in [0.1, 0.15) is 0 Å². The molecule has 0 radical (unpaired) electrons. The zero-order chi connectivity index (χ0) is 13.6. The van der Waals surface area contributed by atoms with Gasteiger partial charge in [-0.3, -0.25) is 0 Å². The van der Waals surface area contributed by atoms with Gasteiger partial charge in [0.05, 0.1) is 19.3 Å². The van der Waals surface area contributed by atoms with Crippen molar-refractivity contribution in [3.63, 3.8) is 0 Å². The summed E-state index contributed by atoms with van der Waals surface area (Å²) in [6.07, 6.45) is 0.434. The van der Waals surface area contributed by atoms with Crippen LogP contribution in [0.5, 0.6) is 0 Å². The molecule has 2 fully saturated rings. The lowest BCUT2D eigenvalue weighted by Gasteiger charge is -2.40. The van der Waals surface area contributed by atoms with E-state index < -0.39 is 11.9 Å². The predicted molar refractivity (Wildman–Crippen MR) is 67.9 cm³/mol. The molecule has 0 aromatic rings. The summed E-state index contributed by atoms with van der Waals surface area (Å²) >= 11 is 0. The highest BCUT2D eigenvalue weighted by Gasteiger charge is 2.58. The van der Waals surface area contributed by atoms with Crippen LogP contribution in [0.3, 0.4) is 0 Å². The summed E-state index contributed by atoms with van der Waals surface area (Å²) < 4.78 is 11.6. The summed E-state index contributed by atoms with van der Waals surface area (Å²) in [4.78, 5) is 0. The molecular weight excluding hydrogens is 232 g/mol. The van der Waals surface area contributed by atoms with E-state index in [1.165, 1.54) is 0 Å². The molecule has 1 aliphatic heterocycles. The molecule has 0 amide bonds. The molecule has 0 bridgehead atoms. The van der Waals surface area contributed by atoms with Crippen molar-refractivity contribution >= 4 is 0 Å². The molecule has 2 N–H and O–H groups in total. The summed E-state index contributed by atoms with van der Waals surface area (Å²) in [6, 6.07) is 0. The maximum absolute atomic E-state index is 9.94. The van der Waals surface area contributed by atoms with Crippen molar-refractivity contribution in [2.45, 2.75) is 46.0 Å². The van der Waals surface area contributed by atoms with Gasteiger partial charge in [-0.2, -0.15) is 0 Å². The van der Waals surface area contributed by atoms with E-state index in [0.29, 0.717) is 13.2 Å². The molecule has 2 rings (SSSR count). The fraction of sp³-hybridized carbons (Fsp3) is 1.00. The summed E-state index contributed by atoms with van der Waals surface area (Å²) in [5, 5.41) is 19.6. The average Bonchev–Trinajstić information content (AvgIpc) is 2.80. The van der Waals surface area contributed by atoms with E-state index in [0.717, 1.165) is 6.42 Å². The number of hydrogen-bond acceptors (Lipinski definition) is 4. The van der Waals surface area contributed by atoms with E-state index in [1.807, 2.05) is 13.8 Å². The molecule has 18 heavy (non-hydrogen) atoms. The quantitative estimate of drug-likeness (QED) is 0.803. The summed E-state index contributed by atoms with van der Waals surface area (Å²) in [5.41, 5.74) is -0.102. The molecule has 1 saturated carbocycles. The fourth-order valence-electron chi connectivity index (χ4n) is 4.08. The van der Waals surface area contributed by atoms with Gasteiger partial charge in [-0.05, 0) is 37.5 Å². The highest BCUT2D eigenvalue weighted by Crippen LogP contribution is 2.57. The lowest BCUT2D eigenvalue weighted by Crippen LogP contribution is -2.43. The third-order valence-corrected chi connectivity index (χ3v) is 5.19. The van der Waals surface area contributed by atoms with Crippen LogP contribution in [-0.2, 0) is 9.47 Å². The van der Waals surface area contributed by atoms with E-state index in [2.05, 4.69) is 13.8 Å². The standard InChI is InChI=1S/C14H26O4/c1-9(16)10-7-12(13(2,3)11(10)8-15)14(4)17-5-6-18-14/h9-12,15-16H,5-8H2,1-4H3/t9-,10-,11+,12-/m0/s1. The van der Waals surface area contributed by atoms with Gasteiger partial charge in [-0.15, -0.1) is 0 Å². The molecule has 1 saturated heterocycles. The highest BCUT2D eigenvalue weighted by atomic mass is 16.7. The van der Waals surface area contributed by atoms with Crippen molar-refractivity contribution in [1.82, 2.24) is 0 Å². The van der Waals surface area contributed by atoms with Gasteiger partial charge in [-0.25, -0.2) is 0 Å². The van der Waals surface area contributed by atoms with Gasteiger partial charge in [-0.1, -0.05) is 13.8 Å². The lowest BCUT2D eigenvalue weighted by atomic mass is 9.71. The van der Waals surface area contributed by atoms with Gasteiger partial charge in [0.15, 0.2) is 5.79 Å². The second kappa shape index (κ2) is 4.75. The molecular formula is C14H26O4. The highest BCUT2D eigenvalue weighted by molar-refractivity contribution is 5.03. The van der Waals surface area contributed by atoms with E-state index in [9.17, 15) is 10.2 Å². The molecule has 0 unspecified atom stereocenters. The number of ether oxygens (including phenoxy) is 2. The Hall–Kier alpha value is -0.160. The third kappa shape index (κ3) is 2.09. The maximum atomic E-state index is 9.94. The van der Waals surface area contributed by atoms with Crippen LogP contribution in [0.4, 0.5) is 0 Å². The Bertz CT molecular complexity index is 294. The van der Waals surface area contributed by atoms with Gasteiger partial charge in [0.2, 0.25) is 0 Å². The van der Waals surface area contributed by atoms with Crippen LogP contribution in [0.15, 0.2) is 0 Å². The first-order chi connectivity index (χ1) is 8.33. The first kappa shape index (κ1) is 14.3. The van der Waals surface area contributed by atoms with Crippen LogP contribution in [0, 0.1) is 23.2 Å². The van der Waals surface area contributed by atoms with Gasteiger partial charge in [0, 0.05) is 12.5 Å². The summed E-state index contributed by atoms with van der Waals surface area (Å²) in [6.45, 7) is 9.47. The van der Waals surface area contributed by atoms with Gasteiger partial charge in [0.25, 0.3) is 0 Å². The van der Waals surface area contributed by atoms with E-state index in [1.54, 1.807) is 0 Å². The monoisotopic (exact) mass is 258 g/mol. The van der Waals surface area contributed by atoms with Crippen molar-refractivity contribution in [2.24, 2.45) is 23.2 Å². The Morgan fingerprint density at radius 3 is 2.17 bits per heavy atom. The predicted octanol–water partition coefficient (Wildman–Crippen LogP) is 1.40. The van der Waals surface area contributed by atoms with Gasteiger partial charge < -0.3 is 19.7 Å². The minimum atomic E-state index is -0.569. The zero-order valence-corrected chi connectivity index (χ0v) is 11.8. The molecule has 4 atom stereocenters. The Balaban J connectivity index is 2.27. The lowest BCUT2D eigenvalue weighted by molar-refractivity contribution is -0.203. The Morgan fingerprint density at radius 2 is 1.78 bits per heavy atom. The van der Waals surface area contributed by atoms with Crippen molar-refractivity contribution in [2.75, 3.05) is 19.8 Å². The Kier molecular flexibility index (Phi) is 3.76. The largest absolute Gasteiger partial charge is 0.396 e. The smallest absolute Gasteiger partial charge is 0.169 e. The SMILES string of the molecule is C[C@H](O)[C@@H]1C[C@H](C2(C)OCCO2)C(C)(C)[C@@H]1CO. The zero-order valence-electron chi connectivity index (χ0n) is 11.8. The van der Waals surface area contributed by atoms with Crippen LogP contribution in [0.2, 0.25) is 0 Å². The number of hydrogen-bond donors (Lipinski definition) is 2. The number of aliphatic hydroxyl groups excluding tert-OH is 2. The molecule has 106 valence electrons. The molecule has 1 heterocycles. The van der Waals surface area contributed by atoms with Crippen LogP contribution < -0.4 is 0 Å². The Morgan fingerprint density at radius 1 is 1.22 bits per heavy atom. The van der Waals surface area contributed by atoms with E-state index in [-0.39, 0.29) is 29.8 Å². The first-order valence-electron chi connectivity index (χ1n) is 6.89. The molecule has 0 aromatic heterocycles. The normalized spacial score (nSPS) is 40.0. The molecule has 4 nitrogen and oxygen atoms in total. The maximum Gasteiger partial charge on any atom is 0.169 e. The van der Waals surface area contributed by atoms with Crippen LogP contribution in [0.25, 0.3) is 0 Å². The average molecular weight is 258 g/mol. The Labute approximate surface area is 109 Å². The van der Waals surface area contributed by atoms with Crippen LogP contribution >= 0.6 is 0 Å². The van der Waals surface area contributed by atoms with Crippen molar-refractivity contribution in [3.8, 4) is 0 Å². The molecule has 1 aliphatic carbocycles. The van der Waals surface area contributed by atoms with Gasteiger partial charge >= 0.3 is 0 Å². The molecule has 4 heteroatoms. The number of aliphatic hydroxyl groups is 2. The summed E-state index contributed by atoms with van der Waals surface area (Å²) in [7, 11) is 0. The molecule has 0 spiro atoms. The van der Waals surface area contributed by atoms with Crippen molar-refractivity contribution in [1.29, 1.82) is 0 Å². The van der Waals surface area contributed by atoms with Crippen molar-refractivity contribution < 1.29 is 19.7 Å². The second-order valence-electron chi connectivity index (χ2n) is 6.52. The topological polar surface area (TPSA) is 58.9 Å².